The molecule has 0 unspecified atom stereocenters. The van der Waals surface area contributed by atoms with Gasteiger partial charge in [-0.3, -0.25) is 19.2 Å². The van der Waals surface area contributed by atoms with Crippen molar-refractivity contribution in [3.05, 3.63) is 97.4 Å². The number of benzene rings is 2. The van der Waals surface area contributed by atoms with Crippen LogP contribution in [-0.4, -0.2) is 51.2 Å². The second-order valence-electron chi connectivity index (χ2n) is 10.9. The summed E-state index contributed by atoms with van der Waals surface area (Å²) in [4.78, 5) is 63.8. The Bertz CT molecular complexity index is 1560. The number of carboxylic acid groups (broad SMARTS) is 1. The first kappa shape index (κ1) is 33.5. The second-order valence-corrected chi connectivity index (χ2v) is 11.7. The molecule has 0 aliphatic heterocycles. The largest absolute Gasteiger partial charge is 0.481 e. The maximum Gasteiger partial charge on any atom is 0.341 e. The van der Waals surface area contributed by atoms with Gasteiger partial charge in [-0.1, -0.05) is 81.2 Å². The summed E-state index contributed by atoms with van der Waals surface area (Å²) >= 11 is 12.0. The maximum absolute atomic E-state index is 13.5. The minimum absolute atomic E-state index is 0.0102. The zero-order valence-corrected chi connectivity index (χ0v) is 25.7. The summed E-state index contributed by atoms with van der Waals surface area (Å²) in [5.41, 5.74) is 1.28. The summed E-state index contributed by atoms with van der Waals surface area (Å²) in [6, 6.07) is 12.0. The number of amides is 1. The van der Waals surface area contributed by atoms with E-state index in [0.717, 1.165) is 11.1 Å². The molecule has 2 aromatic carbocycles. The number of esters is 1. The molecule has 43 heavy (non-hydrogen) atoms. The predicted molar refractivity (Wildman–Crippen MR) is 162 cm³/mol. The van der Waals surface area contributed by atoms with Crippen LogP contribution in [0.15, 0.2) is 59.5 Å². The topological polar surface area (TPSA) is 145 Å². The summed E-state index contributed by atoms with van der Waals surface area (Å²) in [5, 5.41) is 16.0. The van der Waals surface area contributed by atoms with Gasteiger partial charge in [-0.25, -0.2) is 9.48 Å². The summed E-state index contributed by atoms with van der Waals surface area (Å²) < 4.78 is 6.30. The Kier molecular flexibility index (Phi) is 11.2. The van der Waals surface area contributed by atoms with Gasteiger partial charge in [-0.2, -0.15) is 5.10 Å². The lowest BCUT2D eigenvalue weighted by Gasteiger charge is -2.23. The Morgan fingerprint density at radius 3 is 2.28 bits per heavy atom. The molecule has 0 aliphatic rings. The van der Waals surface area contributed by atoms with Crippen molar-refractivity contribution in [2.24, 2.45) is 0 Å². The number of carbonyl (C=O) groups excluding carboxylic acids is 3. The van der Waals surface area contributed by atoms with Gasteiger partial charge in [0.05, 0.1) is 34.5 Å². The van der Waals surface area contributed by atoms with E-state index in [1.54, 1.807) is 6.92 Å². The third-order valence-corrected chi connectivity index (χ3v) is 7.41. The minimum Gasteiger partial charge on any atom is -0.481 e. The molecule has 1 heterocycles. The van der Waals surface area contributed by atoms with Crippen molar-refractivity contribution in [3.63, 3.8) is 0 Å². The maximum atomic E-state index is 13.5. The fourth-order valence-electron chi connectivity index (χ4n) is 4.64. The first-order valence-corrected chi connectivity index (χ1v) is 14.3. The van der Waals surface area contributed by atoms with Gasteiger partial charge in [-0.05, 0) is 41.2 Å². The van der Waals surface area contributed by atoms with Gasteiger partial charge >= 0.3 is 11.9 Å². The molecule has 3 aromatic rings. The molecule has 1 aromatic heterocycles. The summed E-state index contributed by atoms with van der Waals surface area (Å²) in [7, 11) is 0. The van der Waals surface area contributed by atoms with Crippen molar-refractivity contribution in [1.82, 2.24) is 15.1 Å². The van der Waals surface area contributed by atoms with Crippen LogP contribution in [0.2, 0.25) is 10.0 Å². The van der Waals surface area contributed by atoms with Crippen molar-refractivity contribution in [3.8, 4) is 0 Å². The highest BCUT2D eigenvalue weighted by Crippen LogP contribution is 2.27. The lowest BCUT2D eigenvalue weighted by Crippen LogP contribution is -2.46. The van der Waals surface area contributed by atoms with Crippen LogP contribution in [0.4, 0.5) is 0 Å². The number of aromatic nitrogens is 2. The van der Waals surface area contributed by atoms with Crippen LogP contribution < -0.4 is 10.9 Å². The van der Waals surface area contributed by atoms with Crippen LogP contribution in [0.25, 0.3) is 0 Å². The molecule has 0 fully saturated rings. The SMILES string of the molecule is CC[C@H](C(=O)N[C@@H](CC(=O)O)C(=O)COC(=O)c1c(Cl)cccc1Cl)c1ccnn(Cc2ccccc2C(C)(C)C)c1=O. The third-order valence-electron chi connectivity index (χ3n) is 6.78. The summed E-state index contributed by atoms with van der Waals surface area (Å²) in [5.74, 6) is -4.95. The highest BCUT2D eigenvalue weighted by atomic mass is 35.5. The van der Waals surface area contributed by atoms with E-state index in [9.17, 15) is 29.1 Å². The number of rotatable bonds is 12. The van der Waals surface area contributed by atoms with Crippen LogP contribution in [0.1, 0.15) is 73.5 Å². The Hall–Kier alpha value is -4.02. The second kappa shape index (κ2) is 14.4. The van der Waals surface area contributed by atoms with Crippen LogP contribution in [0.5, 0.6) is 0 Å². The fraction of sp³-hybridized carbons (Fsp3) is 0.355. The Morgan fingerprint density at radius 2 is 1.67 bits per heavy atom. The van der Waals surface area contributed by atoms with Crippen molar-refractivity contribution >= 4 is 46.8 Å². The van der Waals surface area contributed by atoms with Gasteiger partial charge in [0.15, 0.2) is 12.4 Å². The first-order chi connectivity index (χ1) is 20.2. The average molecular weight is 631 g/mol. The molecule has 12 heteroatoms. The van der Waals surface area contributed by atoms with Gasteiger partial charge < -0.3 is 15.2 Å². The van der Waals surface area contributed by atoms with Crippen LogP contribution in [0.3, 0.4) is 0 Å². The van der Waals surface area contributed by atoms with Gasteiger partial charge in [-0.15, -0.1) is 0 Å². The molecular weight excluding hydrogens is 597 g/mol. The molecule has 2 N–H and O–H groups in total. The summed E-state index contributed by atoms with van der Waals surface area (Å²) in [6.45, 7) is 7.23. The molecule has 3 rings (SSSR count). The highest BCUT2D eigenvalue weighted by Gasteiger charge is 2.30. The summed E-state index contributed by atoms with van der Waals surface area (Å²) in [6.07, 6.45) is 0.832. The monoisotopic (exact) mass is 629 g/mol. The number of nitrogens with one attached hydrogen (secondary N) is 1. The normalized spacial score (nSPS) is 12.7. The van der Waals surface area contributed by atoms with Crippen LogP contribution >= 0.6 is 23.2 Å². The Labute approximate surface area is 259 Å². The van der Waals surface area contributed by atoms with Gasteiger partial charge in [0.2, 0.25) is 5.91 Å². The lowest BCUT2D eigenvalue weighted by atomic mass is 9.84. The number of hydrogen-bond donors (Lipinski definition) is 2. The quantitative estimate of drug-likeness (QED) is 0.272. The minimum atomic E-state index is -1.53. The molecule has 0 radical (unpaired) electrons. The lowest BCUT2D eigenvalue weighted by molar-refractivity contribution is -0.140. The molecule has 0 saturated heterocycles. The number of nitrogens with zero attached hydrogens (tertiary/aromatic N) is 2. The first-order valence-electron chi connectivity index (χ1n) is 13.5. The molecule has 0 spiro atoms. The molecule has 0 bridgehead atoms. The standard InChI is InChI=1S/C31H33Cl2N3O7/c1-5-19(20-13-14-34-36(29(20)41)16-18-9-6-7-10-21(18)31(2,3)4)28(40)35-24(15-26(38)39)25(37)17-43-30(42)27-22(32)11-8-12-23(27)33/h6-14,19,24H,5,15-17H2,1-4H3,(H,35,40)(H,38,39)/t19-,24-/m0/s1. The van der Waals surface area contributed by atoms with Gasteiger partial charge in [0.25, 0.3) is 5.56 Å². The van der Waals surface area contributed by atoms with Crippen LogP contribution in [0, 0.1) is 0 Å². The highest BCUT2D eigenvalue weighted by molar-refractivity contribution is 6.39. The molecular formula is C31H33Cl2N3O7. The third kappa shape index (κ3) is 8.52. The van der Waals surface area contributed by atoms with E-state index in [1.165, 1.54) is 35.1 Å². The number of halogens is 2. The van der Waals surface area contributed by atoms with Crippen molar-refractivity contribution in [2.75, 3.05) is 6.61 Å². The van der Waals surface area contributed by atoms with Crippen LogP contribution in [-0.2, 0) is 31.1 Å². The zero-order valence-electron chi connectivity index (χ0n) is 24.2. The number of hydrogen-bond acceptors (Lipinski definition) is 7. The van der Waals surface area contributed by atoms with Crippen molar-refractivity contribution in [1.29, 1.82) is 0 Å². The van der Waals surface area contributed by atoms with E-state index < -0.39 is 54.2 Å². The molecule has 228 valence electrons. The Balaban J connectivity index is 1.80. The zero-order chi connectivity index (χ0) is 31.9. The van der Waals surface area contributed by atoms with E-state index in [0.29, 0.717) is 0 Å². The fourth-order valence-corrected chi connectivity index (χ4v) is 5.19. The van der Waals surface area contributed by atoms with Crippen molar-refractivity contribution < 1.29 is 29.0 Å². The van der Waals surface area contributed by atoms with E-state index in [1.807, 2.05) is 24.3 Å². The number of ketones is 1. The van der Waals surface area contributed by atoms with Gasteiger partial charge in [0.1, 0.15) is 6.04 Å². The Morgan fingerprint density at radius 1 is 1.02 bits per heavy atom. The van der Waals surface area contributed by atoms with E-state index >= 15 is 0 Å². The predicted octanol–water partition coefficient (Wildman–Crippen LogP) is 4.78. The smallest absolute Gasteiger partial charge is 0.341 e. The number of carbonyl (C=O) groups is 4. The number of Topliss-reactive ketones (excluding diaryl/α,β-unsaturated/α-hetero) is 1. The molecule has 10 nitrogen and oxygen atoms in total. The average Bonchev–Trinajstić information content (AvgIpc) is 2.93. The molecule has 1 amide bonds. The molecule has 0 saturated carbocycles. The number of ether oxygens (including phenoxy) is 1. The van der Waals surface area contributed by atoms with Crippen molar-refractivity contribution in [2.45, 2.75) is 64.5 Å². The van der Waals surface area contributed by atoms with E-state index in [-0.39, 0.29) is 39.6 Å². The van der Waals surface area contributed by atoms with E-state index in [4.69, 9.17) is 27.9 Å². The number of aliphatic carboxylic acids is 1. The van der Waals surface area contributed by atoms with Gasteiger partial charge in [0, 0.05) is 11.8 Å². The molecule has 2 atom stereocenters. The van der Waals surface area contributed by atoms with E-state index in [2.05, 4.69) is 31.2 Å². The number of carboxylic acids is 1. The molecule has 0 aliphatic carbocycles.